The molecule has 12 heavy (non-hydrogen) atoms. The zero-order chi connectivity index (χ0) is 8.81. The number of rotatable bonds is 4. The van der Waals surface area contributed by atoms with Gasteiger partial charge in [-0.15, -0.1) is 0 Å². The molecule has 0 aromatic rings. The van der Waals surface area contributed by atoms with Gasteiger partial charge in [-0.1, -0.05) is 0 Å². The number of ether oxygens (including phenoxy) is 1. The quantitative estimate of drug-likeness (QED) is 0.643. The van der Waals surface area contributed by atoms with E-state index >= 15 is 0 Å². The van der Waals surface area contributed by atoms with Crippen molar-refractivity contribution in [2.45, 2.75) is 37.9 Å². The number of alkyl halides is 1. The summed E-state index contributed by atoms with van der Waals surface area (Å²) in [5.41, 5.74) is 0. The van der Waals surface area contributed by atoms with E-state index in [2.05, 4.69) is 6.42 Å². The monoisotopic (exact) mass is 172 g/mol. The van der Waals surface area contributed by atoms with Crippen molar-refractivity contribution in [2.75, 3.05) is 6.67 Å². The molecule has 0 N–H and O–H groups in total. The first-order chi connectivity index (χ1) is 5.86. The van der Waals surface area contributed by atoms with E-state index in [0.29, 0.717) is 0 Å². The van der Waals surface area contributed by atoms with Crippen molar-refractivity contribution in [3.05, 3.63) is 6.42 Å². The zero-order valence-corrected chi connectivity index (χ0v) is 6.96. The van der Waals surface area contributed by atoms with Crippen LogP contribution in [-0.2, 0) is 9.53 Å². The molecule has 0 bridgehead atoms. The van der Waals surface area contributed by atoms with E-state index in [1.807, 2.05) is 0 Å². The van der Waals surface area contributed by atoms with Crippen LogP contribution in [0.15, 0.2) is 0 Å². The summed E-state index contributed by atoms with van der Waals surface area (Å²) in [6.45, 7) is -0.760. The molecule has 1 fully saturated rings. The molecule has 2 radical (unpaired) electrons. The summed E-state index contributed by atoms with van der Waals surface area (Å²) in [6, 6.07) is 0. The number of halogens is 1. The Bertz CT molecular complexity index is 132. The van der Waals surface area contributed by atoms with Gasteiger partial charge in [0.15, 0.2) is 6.10 Å². The molecule has 0 aliphatic heterocycles. The Hall–Kier alpha value is -0.440. The summed E-state index contributed by atoms with van der Waals surface area (Å²) in [5.74, 6) is 0. The molecule has 0 amide bonds. The average Bonchev–Trinajstić information content (AvgIpc) is 2.16. The van der Waals surface area contributed by atoms with Gasteiger partial charge in [0.25, 0.3) is 0 Å². The standard InChI is InChI=1S/C9H13FO2/c10-6-9(7-11)12-8-4-2-1-3-5-8/h1,8-9H,2-6H2. The van der Waals surface area contributed by atoms with Crippen molar-refractivity contribution < 1.29 is 13.9 Å². The second-order valence-electron chi connectivity index (χ2n) is 2.96. The van der Waals surface area contributed by atoms with Crippen LogP contribution in [0.5, 0.6) is 0 Å². The molecule has 1 atom stereocenters. The van der Waals surface area contributed by atoms with Crippen LogP contribution in [-0.4, -0.2) is 25.2 Å². The Morgan fingerprint density at radius 1 is 1.58 bits per heavy atom. The van der Waals surface area contributed by atoms with E-state index in [4.69, 9.17) is 4.74 Å². The Morgan fingerprint density at radius 2 is 2.25 bits per heavy atom. The van der Waals surface area contributed by atoms with Crippen molar-refractivity contribution in [1.82, 2.24) is 0 Å². The van der Waals surface area contributed by atoms with Crippen molar-refractivity contribution in [3.63, 3.8) is 0 Å². The molecule has 1 aliphatic rings. The summed E-state index contributed by atoms with van der Waals surface area (Å²) in [4.78, 5) is 10.1. The minimum Gasteiger partial charge on any atom is -0.364 e. The lowest BCUT2D eigenvalue weighted by Crippen LogP contribution is -2.26. The normalized spacial score (nSPS) is 22.1. The summed E-state index contributed by atoms with van der Waals surface area (Å²) in [7, 11) is 0. The van der Waals surface area contributed by atoms with E-state index in [-0.39, 0.29) is 6.10 Å². The molecule has 1 aliphatic carbocycles. The molecule has 2 nitrogen and oxygen atoms in total. The second kappa shape index (κ2) is 5.25. The van der Waals surface area contributed by atoms with Gasteiger partial charge in [0.05, 0.1) is 6.10 Å². The molecule has 0 saturated heterocycles. The van der Waals surface area contributed by atoms with Crippen molar-refractivity contribution in [1.29, 1.82) is 0 Å². The topological polar surface area (TPSA) is 26.3 Å². The highest BCUT2D eigenvalue weighted by Crippen LogP contribution is 2.20. The Labute approximate surface area is 72.1 Å². The van der Waals surface area contributed by atoms with Crippen LogP contribution >= 0.6 is 0 Å². The fourth-order valence-corrected chi connectivity index (χ4v) is 1.36. The van der Waals surface area contributed by atoms with Gasteiger partial charge >= 0.3 is 0 Å². The van der Waals surface area contributed by atoms with Gasteiger partial charge in [0.2, 0.25) is 6.29 Å². The molecule has 0 aromatic heterocycles. The molecule has 68 valence electrons. The Kier molecular flexibility index (Phi) is 4.22. The number of hydrogen-bond acceptors (Lipinski definition) is 2. The van der Waals surface area contributed by atoms with Crippen LogP contribution in [0, 0.1) is 6.42 Å². The highest BCUT2D eigenvalue weighted by molar-refractivity contribution is 5.57. The fraction of sp³-hybridized carbons (Fsp3) is 0.778. The van der Waals surface area contributed by atoms with E-state index in [1.54, 1.807) is 6.29 Å². The summed E-state index contributed by atoms with van der Waals surface area (Å²) in [6.07, 6.45) is 6.63. The van der Waals surface area contributed by atoms with Crippen LogP contribution in [0.1, 0.15) is 25.7 Å². The number of hydrogen-bond donors (Lipinski definition) is 0. The van der Waals surface area contributed by atoms with E-state index < -0.39 is 12.8 Å². The van der Waals surface area contributed by atoms with Crippen molar-refractivity contribution in [2.24, 2.45) is 0 Å². The molecular weight excluding hydrogens is 159 g/mol. The average molecular weight is 172 g/mol. The van der Waals surface area contributed by atoms with Gasteiger partial charge in [0, 0.05) is 0 Å². The third-order valence-corrected chi connectivity index (χ3v) is 2.01. The van der Waals surface area contributed by atoms with Crippen LogP contribution in [0.4, 0.5) is 4.39 Å². The lowest BCUT2D eigenvalue weighted by molar-refractivity contribution is -0.00330. The number of carbonyl (C=O) groups excluding carboxylic acids is 1. The Balaban J connectivity index is 2.22. The minimum absolute atomic E-state index is 0.0530. The lowest BCUT2D eigenvalue weighted by Gasteiger charge is -2.23. The third kappa shape index (κ3) is 2.89. The first-order valence-corrected chi connectivity index (χ1v) is 4.27. The van der Waals surface area contributed by atoms with Crippen LogP contribution < -0.4 is 0 Å². The molecule has 0 spiro atoms. The van der Waals surface area contributed by atoms with Crippen molar-refractivity contribution >= 4 is 6.29 Å². The van der Waals surface area contributed by atoms with Gasteiger partial charge < -0.3 is 4.74 Å². The SMILES string of the molecule is O=[C]C(CF)OC1CC[CH]CC1. The summed E-state index contributed by atoms with van der Waals surface area (Å²) in [5, 5.41) is 0. The van der Waals surface area contributed by atoms with E-state index in [9.17, 15) is 9.18 Å². The maximum atomic E-state index is 12.0. The van der Waals surface area contributed by atoms with Crippen LogP contribution in [0.3, 0.4) is 0 Å². The minimum atomic E-state index is -0.965. The fourth-order valence-electron chi connectivity index (χ4n) is 1.36. The highest BCUT2D eigenvalue weighted by Gasteiger charge is 2.18. The third-order valence-electron chi connectivity index (χ3n) is 2.01. The summed E-state index contributed by atoms with van der Waals surface area (Å²) >= 11 is 0. The molecule has 0 aromatic carbocycles. The first kappa shape index (κ1) is 9.65. The molecule has 1 rings (SSSR count). The maximum absolute atomic E-state index is 12.0. The summed E-state index contributed by atoms with van der Waals surface area (Å²) < 4.78 is 17.2. The van der Waals surface area contributed by atoms with Gasteiger partial charge in [-0.2, -0.15) is 0 Å². The molecule has 1 unspecified atom stereocenters. The molecule has 1 saturated carbocycles. The molecule has 0 heterocycles. The largest absolute Gasteiger partial charge is 0.364 e. The van der Waals surface area contributed by atoms with Gasteiger partial charge in [-0.3, -0.25) is 4.79 Å². The predicted octanol–water partition coefficient (Wildman–Crippen LogP) is 1.60. The van der Waals surface area contributed by atoms with Crippen LogP contribution in [0.25, 0.3) is 0 Å². The van der Waals surface area contributed by atoms with Crippen LogP contribution in [0.2, 0.25) is 0 Å². The molecular formula is C9H13FO2. The van der Waals surface area contributed by atoms with Gasteiger partial charge in [0.1, 0.15) is 6.67 Å². The van der Waals surface area contributed by atoms with Crippen molar-refractivity contribution in [3.8, 4) is 0 Å². The first-order valence-electron chi connectivity index (χ1n) is 4.27. The smallest absolute Gasteiger partial charge is 0.232 e. The molecule has 3 heteroatoms. The zero-order valence-electron chi connectivity index (χ0n) is 6.96. The lowest BCUT2D eigenvalue weighted by atomic mass is 9.98. The second-order valence-corrected chi connectivity index (χ2v) is 2.96. The van der Waals surface area contributed by atoms with Gasteiger partial charge in [-0.25, -0.2) is 4.39 Å². The highest BCUT2D eigenvalue weighted by atomic mass is 19.1. The predicted molar refractivity (Wildman–Crippen MR) is 43.1 cm³/mol. The van der Waals surface area contributed by atoms with E-state index in [1.165, 1.54) is 0 Å². The maximum Gasteiger partial charge on any atom is 0.232 e. The Morgan fingerprint density at radius 3 is 2.75 bits per heavy atom. The van der Waals surface area contributed by atoms with E-state index in [0.717, 1.165) is 25.7 Å². The van der Waals surface area contributed by atoms with Gasteiger partial charge in [-0.05, 0) is 32.1 Å².